The maximum Gasteiger partial charge on any atom is 0.416 e. The van der Waals surface area contributed by atoms with Crippen molar-refractivity contribution >= 4 is 0 Å². The second-order valence-corrected chi connectivity index (χ2v) is 4.27. The van der Waals surface area contributed by atoms with Crippen LogP contribution < -0.4 is 11.5 Å². The minimum Gasteiger partial charge on any atom is -0.417 e. The number of nitrogens with two attached hydrogens (primary N) is 1. The summed E-state index contributed by atoms with van der Waals surface area (Å²) in [6.45, 7) is 2.68. The van der Waals surface area contributed by atoms with Crippen LogP contribution in [0.15, 0.2) is 58.2 Å². The number of H-pyrrole nitrogens is 2. The van der Waals surface area contributed by atoms with Crippen molar-refractivity contribution < 1.29 is 4.42 Å². The van der Waals surface area contributed by atoms with Crippen molar-refractivity contribution in [1.82, 2.24) is 9.97 Å². The van der Waals surface area contributed by atoms with Gasteiger partial charge in [-0.25, -0.2) is 4.79 Å². The Hall–Kier alpha value is -2.53. The third kappa shape index (κ3) is 3.49. The van der Waals surface area contributed by atoms with Crippen LogP contribution in [0.2, 0.25) is 0 Å². The lowest BCUT2D eigenvalue weighted by Gasteiger charge is -2.01. The number of hydrogen-bond acceptors (Lipinski definition) is 3. The largest absolute Gasteiger partial charge is 0.417 e. The van der Waals surface area contributed by atoms with Gasteiger partial charge < -0.3 is 15.1 Å². The van der Waals surface area contributed by atoms with Gasteiger partial charge in [0.15, 0.2) is 0 Å². The molecule has 3 aromatic rings. The molecular weight excluding hydrogens is 254 g/mol. The van der Waals surface area contributed by atoms with E-state index in [1.807, 2.05) is 6.20 Å². The van der Waals surface area contributed by atoms with Crippen LogP contribution in [0.4, 0.5) is 0 Å². The summed E-state index contributed by atoms with van der Waals surface area (Å²) in [5, 5.41) is 0. The zero-order chi connectivity index (χ0) is 14.4. The highest BCUT2D eigenvalue weighted by molar-refractivity contribution is 5.66. The van der Waals surface area contributed by atoms with Gasteiger partial charge in [-0.15, -0.1) is 0 Å². The van der Waals surface area contributed by atoms with E-state index in [1.54, 1.807) is 0 Å². The number of benzene rings is 1. The summed E-state index contributed by atoms with van der Waals surface area (Å²) in [5.74, 6) is -0.407. The Labute approximate surface area is 116 Å². The number of aromatic nitrogens is 2. The van der Waals surface area contributed by atoms with Crippen molar-refractivity contribution in [2.45, 2.75) is 13.5 Å². The molecule has 0 spiro atoms. The van der Waals surface area contributed by atoms with Gasteiger partial charge in [-0.1, -0.05) is 24.3 Å². The standard InChI is InChI=1S/C12H14N2.C3H3NO2/c1-9-12(6-7-14-9)11-4-2-10(8-13)3-5-11;5-3-4-1-2-6-3/h2-7,14H,8,13H2,1H3;1-2H,(H,4,5). The Balaban J connectivity index is 0.000000205. The molecule has 0 saturated heterocycles. The van der Waals surface area contributed by atoms with Crippen LogP contribution in [0, 0.1) is 6.92 Å². The first-order valence-electron chi connectivity index (χ1n) is 6.26. The summed E-state index contributed by atoms with van der Waals surface area (Å²) in [6, 6.07) is 10.5. The van der Waals surface area contributed by atoms with Crippen LogP contribution in [0.25, 0.3) is 11.1 Å². The summed E-state index contributed by atoms with van der Waals surface area (Å²) in [5.41, 5.74) is 10.4. The summed E-state index contributed by atoms with van der Waals surface area (Å²) < 4.78 is 4.22. The van der Waals surface area contributed by atoms with E-state index < -0.39 is 5.76 Å². The highest BCUT2D eigenvalue weighted by Crippen LogP contribution is 2.22. The van der Waals surface area contributed by atoms with E-state index in [0.29, 0.717) is 6.54 Å². The molecule has 5 heteroatoms. The van der Waals surface area contributed by atoms with Crippen LogP contribution >= 0.6 is 0 Å². The second-order valence-electron chi connectivity index (χ2n) is 4.27. The predicted molar refractivity (Wildman–Crippen MR) is 78.2 cm³/mol. The summed E-state index contributed by atoms with van der Waals surface area (Å²) in [7, 11) is 0. The molecule has 4 N–H and O–H groups in total. The molecule has 0 amide bonds. The third-order valence-corrected chi connectivity index (χ3v) is 2.90. The van der Waals surface area contributed by atoms with Crippen molar-refractivity contribution in [3.63, 3.8) is 0 Å². The van der Waals surface area contributed by atoms with Crippen molar-refractivity contribution in [3.8, 4) is 11.1 Å². The molecular formula is C15H17N3O2. The van der Waals surface area contributed by atoms with Gasteiger partial charge in [0.1, 0.15) is 6.26 Å². The molecule has 0 unspecified atom stereocenters. The molecule has 0 aliphatic rings. The van der Waals surface area contributed by atoms with Gasteiger partial charge >= 0.3 is 5.76 Å². The zero-order valence-electron chi connectivity index (χ0n) is 11.2. The number of oxazole rings is 1. The molecule has 0 aliphatic heterocycles. The van der Waals surface area contributed by atoms with E-state index in [4.69, 9.17) is 5.73 Å². The first kappa shape index (κ1) is 13.9. The van der Waals surface area contributed by atoms with Gasteiger partial charge in [-0.3, -0.25) is 4.98 Å². The van der Waals surface area contributed by atoms with E-state index in [9.17, 15) is 4.79 Å². The molecule has 3 rings (SSSR count). The molecule has 0 atom stereocenters. The number of aryl methyl sites for hydroxylation is 1. The number of aromatic amines is 2. The fraction of sp³-hybridized carbons (Fsp3) is 0.133. The van der Waals surface area contributed by atoms with Crippen LogP contribution in [-0.4, -0.2) is 9.97 Å². The Morgan fingerprint density at radius 1 is 1.10 bits per heavy atom. The fourth-order valence-electron chi connectivity index (χ4n) is 1.82. The monoisotopic (exact) mass is 271 g/mol. The number of hydrogen-bond donors (Lipinski definition) is 3. The highest BCUT2D eigenvalue weighted by Gasteiger charge is 2.01. The van der Waals surface area contributed by atoms with Crippen molar-refractivity contribution in [1.29, 1.82) is 0 Å². The lowest BCUT2D eigenvalue weighted by molar-refractivity contribution is 0.515. The van der Waals surface area contributed by atoms with Crippen molar-refractivity contribution in [3.05, 3.63) is 70.8 Å². The van der Waals surface area contributed by atoms with Gasteiger partial charge in [-0.2, -0.15) is 0 Å². The number of rotatable bonds is 2. The normalized spacial score (nSPS) is 9.90. The van der Waals surface area contributed by atoms with E-state index in [-0.39, 0.29) is 0 Å². The quantitative estimate of drug-likeness (QED) is 0.668. The predicted octanol–water partition coefficient (Wildman–Crippen LogP) is 2.42. The van der Waals surface area contributed by atoms with E-state index in [2.05, 4.69) is 51.6 Å². The molecule has 2 aromatic heterocycles. The van der Waals surface area contributed by atoms with Crippen LogP contribution in [0.1, 0.15) is 11.3 Å². The van der Waals surface area contributed by atoms with Crippen LogP contribution in [0.5, 0.6) is 0 Å². The van der Waals surface area contributed by atoms with Gasteiger partial charge in [0.2, 0.25) is 0 Å². The molecule has 0 saturated carbocycles. The average molecular weight is 271 g/mol. The lowest BCUT2D eigenvalue weighted by atomic mass is 10.0. The molecule has 0 radical (unpaired) electrons. The molecule has 1 aromatic carbocycles. The van der Waals surface area contributed by atoms with E-state index in [1.165, 1.54) is 34.8 Å². The summed E-state index contributed by atoms with van der Waals surface area (Å²) in [6.07, 6.45) is 4.69. The van der Waals surface area contributed by atoms with Crippen LogP contribution in [-0.2, 0) is 6.54 Å². The van der Waals surface area contributed by atoms with Gasteiger partial charge in [0.25, 0.3) is 0 Å². The molecule has 5 nitrogen and oxygen atoms in total. The second kappa shape index (κ2) is 6.58. The lowest BCUT2D eigenvalue weighted by Crippen LogP contribution is -1.95. The summed E-state index contributed by atoms with van der Waals surface area (Å²) >= 11 is 0. The fourth-order valence-corrected chi connectivity index (χ4v) is 1.82. The maximum atomic E-state index is 9.85. The third-order valence-electron chi connectivity index (χ3n) is 2.90. The topological polar surface area (TPSA) is 87.8 Å². The smallest absolute Gasteiger partial charge is 0.416 e. The van der Waals surface area contributed by atoms with Crippen molar-refractivity contribution in [2.75, 3.05) is 0 Å². The molecule has 20 heavy (non-hydrogen) atoms. The van der Waals surface area contributed by atoms with E-state index in [0.717, 1.165) is 0 Å². The Kier molecular flexibility index (Phi) is 4.57. The van der Waals surface area contributed by atoms with E-state index >= 15 is 0 Å². The van der Waals surface area contributed by atoms with Crippen molar-refractivity contribution in [2.24, 2.45) is 5.73 Å². The average Bonchev–Trinajstić information content (AvgIpc) is 3.11. The first-order valence-corrected chi connectivity index (χ1v) is 6.26. The maximum absolute atomic E-state index is 9.85. The molecule has 0 bridgehead atoms. The Morgan fingerprint density at radius 3 is 2.25 bits per heavy atom. The van der Waals surface area contributed by atoms with Gasteiger partial charge in [0, 0.05) is 30.2 Å². The SMILES string of the molecule is Cc1[nH]ccc1-c1ccc(CN)cc1.O=c1[nH]cco1. The molecule has 104 valence electrons. The molecule has 0 fully saturated rings. The molecule has 0 aliphatic carbocycles. The minimum absolute atomic E-state index is 0.407. The summed E-state index contributed by atoms with van der Waals surface area (Å²) in [4.78, 5) is 15.3. The zero-order valence-corrected chi connectivity index (χ0v) is 11.2. The Morgan fingerprint density at radius 2 is 1.85 bits per heavy atom. The highest BCUT2D eigenvalue weighted by atomic mass is 16.4. The molecule has 2 heterocycles. The Bertz CT molecular complexity index is 675. The minimum atomic E-state index is -0.407. The first-order chi connectivity index (χ1) is 9.70. The number of nitrogens with one attached hydrogen (secondary N) is 2. The van der Waals surface area contributed by atoms with Gasteiger partial charge in [0.05, 0.1) is 0 Å². The van der Waals surface area contributed by atoms with Crippen LogP contribution in [0.3, 0.4) is 0 Å². The van der Waals surface area contributed by atoms with Gasteiger partial charge in [-0.05, 0) is 24.1 Å².